The fourth-order valence-electron chi connectivity index (χ4n) is 6.03. The number of amides is 4. The molecule has 0 aromatic heterocycles. The first-order valence-electron chi connectivity index (χ1n) is 16.1. The number of ether oxygens (including phenoxy) is 2. The minimum absolute atomic E-state index is 0.0608. The van der Waals surface area contributed by atoms with E-state index in [9.17, 15) is 28.8 Å². The average molecular weight is 705 g/mol. The predicted molar refractivity (Wildman–Crippen MR) is 186 cm³/mol. The highest BCUT2D eigenvalue weighted by Gasteiger charge is 2.59. The van der Waals surface area contributed by atoms with Gasteiger partial charge in [-0.05, 0) is 60.9 Å². The average Bonchev–Trinajstić information content (AvgIpc) is 3.73. The molecule has 0 aromatic rings. The Morgan fingerprint density at radius 2 is 1.06 bits per heavy atom. The summed E-state index contributed by atoms with van der Waals surface area (Å²) in [5.74, 6) is -3.68. The summed E-state index contributed by atoms with van der Waals surface area (Å²) >= 11 is 10.0. The minimum Gasteiger partial charge on any atom is -0.465 e. The van der Waals surface area contributed by atoms with Gasteiger partial charge in [-0.15, -0.1) is 0 Å². The molecule has 0 radical (unpaired) electrons. The number of nitrogens with zero attached hydrogens (tertiary/aromatic N) is 2. The molecule has 2 aliphatic carbocycles. The van der Waals surface area contributed by atoms with Crippen molar-refractivity contribution in [3.63, 3.8) is 0 Å². The van der Waals surface area contributed by atoms with Crippen LogP contribution in [0.25, 0.3) is 0 Å². The Hall–Kier alpha value is -3.52. The van der Waals surface area contributed by atoms with E-state index >= 15 is 0 Å². The fraction of sp³-hybridized carbons (Fsp3) is 0.647. The molecular formula is C34H48N4O8S2. The molecule has 0 saturated carbocycles. The summed E-state index contributed by atoms with van der Waals surface area (Å²) in [5, 5.41) is 5.24. The molecule has 2 heterocycles. The maximum Gasteiger partial charge on any atom is 0.307 e. The van der Waals surface area contributed by atoms with Gasteiger partial charge >= 0.3 is 11.9 Å². The number of hydrogen-bond donors (Lipinski definition) is 2. The third kappa shape index (κ3) is 8.55. The number of thiocarbonyl (C=S) groups is 2. The maximum absolute atomic E-state index is 12.9. The summed E-state index contributed by atoms with van der Waals surface area (Å²) < 4.78 is 10.6. The highest BCUT2D eigenvalue weighted by Crippen LogP contribution is 2.44. The van der Waals surface area contributed by atoms with Gasteiger partial charge in [0.25, 0.3) is 0 Å². The first-order chi connectivity index (χ1) is 22.2. The Balaban J connectivity index is 0.000000260. The van der Waals surface area contributed by atoms with Crippen LogP contribution in [0.5, 0.6) is 0 Å². The lowest BCUT2D eigenvalue weighted by molar-refractivity contribution is -0.163. The van der Waals surface area contributed by atoms with Gasteiger partial charge in [0.1, 0.15) is 10.8 Å². The van der Waals surface area contributed by atoms with Crippen molar-refractivity contribution in [3.05, 3.63) is 24.3 Å². The molecule has 2 aliphatic heterocycles. The molecule has 0 aromatic carbocycles. The second-order valence-corrected chi connectivity index (χ2v) is 16.0. The van der Waals surface area contributed by atoms with Crippen molar-refractivity contribution < 1.29 is 38.2 Å². The van der Waals surface area contributed by atoms with E-state index in [-0.39, 0.29) is 58.9 Å². The highest BCUT2D eigenvalue weighted by atomic mass is 32.1. The van der Waals surface area contributed by atoms with Gasteiger partial charge in [0.15, 0.2) is 10.2 Å². The molecular weight excluding hydrogens is 657 g/mol. The number of rotatable bonds is 8. The zero-order valence-corrected chi connectivity index (χ0v) is 30.7. The van der Waals surface area contributed by atoms with E-state index < -0.39 is 46.4 Å². The van der Waals surface area contributed by atoms with Crippen molar-refractivity contribution in [2.75, 3.05) is 27.3 Å². The van der Waals surface area contributed by atoms with Crippen LogP contribution in [0.1, 0.15) is 80.1 Å². The van der Waals surface area contributed by atoms with Crippen LogP contribution < -0.4 is 10.6 Å². The normalized spacial score (nSPS) is 27.4. The molecule has 48 heavy (non-hydrogen) atoms. The number of carbonyl (C=O) groups is 6. The largest absolute Gasteiger partial charge is 0.465 e. The van der Waals surface area contributed by atoms with E-state index in [0.717, 1.165) is 12.8 Å². The zero-order chi connectivity index (χ0) is 36.2. The third-order valence-electron chi connectivity index (χ3n) is 8.70. The molecule has 4 aliphatic rings. The van der Waals surface area contributed by atoms with Crippen molar-refractivity contribution in [1.82, 2.24) is 20.4 Å². The van der Waals surface area contributed by atoms with Crippen molar-refractivity contribution >= 4 is 70.2 Å². The van der Waals surface area contributed by atoms with E-state index in [1.807, 2.05) is 65.8 Å². The van der Waals surface area contributed by atoms with Crippen molar-refractivity contribution in [1.29, 1.82) is 0 Å². The zero-order valence-electron chi connectivity index (χ0n) is 29.1. The molecule has 14 heteroatoms. The predicted octanol–water partition coefficient (Wildman–Crippen LogP) is 3.58. The molecule has 4 amide bonds. The Labute approximate surface area is 293 Å². The lowest BCUT2D eigenvalue weighted by Gasteiger charge is -2.41. The smallest absolute Gasteiger partial charge is 0.307 e. The first-order valence-corrected chi connectivity index (χ1v) is 16.9. The van der Waals surface area contributed by atoms with E-state index in [1.165, 1.54) is 23.9 Å². The molecule has 2 N–H and O–H groups in total. The fourth-order valence-corrected chi connectivity index (χ4v) is 6.38. The minimum atomic E-state index is -1.49. The summed E-state index contributed by atoms with van der Waals surface area (Å²) in [7, 11) is 3.02. The molecule has 12 nitrogen and oxygen atoms in total. The van der Waals surface area contributed by atoms with Crippen LogP contribution in [0.15, 0.2) is 24.3 Å². The first kappa shape index (κ1) is 38.9. The van der Waals surface area contributed by atoms with Crippen molar-refractivity contribution in [2.45, 2.75) is 80.1 Å². The Bertz CT molecular complexity index is 1320. The van der Waals surface area contributed by atoms with Gasteiger partial charge in [0, 0.05) is 25.9 Å². The number of esters is 2. The second-order valence-electron chi connectivity index (χ2n) is 15.2. The molecule has 264 valence electrons. The van der Waals surface area contributed by atoms with Gasteiger partial charge in [-0.2, -0.15) is 0 Å². The molecule has 0 spiro atoms. The van der Waals surface area contributed by atoms with Crippen LogP contribution in [-0.2, 0) is 38.2 Å². The molecule has 2 saturated heterocycles. The maximum atomic E-state index is 12.9. The van der Waals surface area contributed by atoms with Gasteiger partial charge in [0.05, 0.1) is 26.1 Å². The number of nitrogens with one attached hydrogen (secondary N) is 2. The SMILES string of the molecule is CN1C(=O)C(CC(=O)OCC(C)(C)C)(C2C=CCC2)C(=O)NC1=S.CN1C(=O)C(CC(=O)OCC(C)(C)C)(C2C=CCC2)C(=O)NC1=S. The van der Waals surface area contributed by atoms with E-state index in [0.29, 0.717) is 12.8 Å². The van der Waals surface area contributed by atoms with Crippen LogP contribution in [0.2, 0.25) is 0 Å². The van der Waals surface area contributed by atoms with Gasteiger partial charge < -0.3 is 20.1 Å². The summed E-state index contributed by atoms with van der Waals surface area (Å²) in [5.41, 5.74) is -3.35. The standard InChI is InChI=1S/2C17H24N2O4S/c2*1-16(2,3)10-23-12(20)9-17(11-7-5-6-8-11)13(21)18-15(24)19(4)14(17)22/h2*5,7,11H,6,8-10H2,1-4H3,(H,18,21,24). The van der Waals surface area contributed by atoms with Gasteiger partial charge in [-0.1, -0.05) is 65.8 Å². The quantitative estimate of drug-likeness (QED) is 0.166. The number of carbonyl (C=O) groups excluding carboxylic acids is 6. The number of hydrogen-bond acceptors (Lipinski definition) is 10. The molecule has 4 atom stereocenters. The van der Waals surface area contributed by atoms with Crippen LogP contribution in [0.4, 0.5) is 0 Å². The summed E-state index contributed by atoms with van der Waals surface area (Å²) in [6.07, 6.45) is 9.83. The van der Waals surface area contributed by atoms with Crippen molar-refractivity contribution in [2.24, 2.45) is 33.5 Å². The highest BCUT2D eigenvalue weighted by molar-refractivity contribution is 7.80. The van der Waals surface area contributed by atoms with Crippen molar-refractivity contribution in [3.8, 4) is 0 Å². The Morgan fingerprint density at radius 3 is 1.33 bits per heavy atom. The molecule has 4 unspecified atom stereocenters. The van der Waals surface area contributed by atoms with Crippen LogP contribution in [0.3, 0.4) is 0 Å². The van der Waals surface area contributed by atoms with Crippen LogP contribution in [0, 0.1) is 33.5 Å². The van der Waals surface area contributed by atoms with E-state index in [4.69, 9.17) is 33.9 Å². The summed E-state index contributed by atoms with van der Waals surface area (Å²) in [6, 6.07) is 0. The molecule has 4 rings (SSSR count). The third-order valence-corrected chi connectivity index (χ3v) is 9.46. The van der Waals surface area contributed by atoms with Gasteiger partial charge in [-0.3, -0.25) is 38.6 Å². The number of allylic oxidation sites excluding steroid dienone is 4. The van der Waals surface area contributed by atoms with Gasteiger partial charge in [0.2, 0.25) is 23.6 Å². The molecule has 0 bridgehead atoms. The molecule has 2 fully saturated rings. The van der Waals surface area contributed by atoms with E-state index in [2.05, 4.69) is 10.6 Å². The summed E-state index contributed by atoms with van der Waals surface area (Å²) in [4.78, 5) is 78.5. The lowest BCUT2D eigenvalue weighted by Crippen LogP contribution is -2.65. The summed E-state index contributed by atoms with van der Waals surface area (Å²) in [6.45, 7) is 12.1. The Morgan fingerprint density at radius 1 is 0.729 bits per heavy atom. The topological polar surface area (TPSA) is 151 Å². The second kappa shape index (κ2) is 14.9. The monoisotopic (exact) mass is 704 g/mol. The van der Waals surface area contributed by atoms with E-state index in [1.54, 1.807) is 0 Å². The lowest BCUT2D eigenvalue weighted by atomic mass is 9.69. The van der Waals surface area contributed by atoms with Gasteiger partial charge in [-0.25, -0.2) is 0 Å². The Kier molecular flexibility index (Phi) is 12.1. The van der Waals surface area contributed by atoms with Crippen LogP contribution >= 0.6 is 24.4 Å². The van der Waals surface area contributed by atoms with Crippen LogP contribution in [-0.4, -0.2) is 82.9 Å².